The van der Waals surface area contributed by atoms with Gasteiger partial charge in [-0.3, -0.25) is 4.98 Å². The topological polar surface area (TPSA) is 85.5 Å². The first-order chi connectivity index (χ1) is 12.7. The number of hydrogen-bond acceptors (Lipinski definition) is 7. The van der Waals surface area contributed by atoms with Gasteiger partial charge in [0.15, 0.2) is 5.82 Å². The van der Waals surface area contributed by atoms with Gasteiger partial charge in [-0.25, -0.2) is 9.67 Å². The highest BCUT2D eigenvalue weighted by Gasteiger charge is 2.30. The minimum Gasteiger partial charge on any atom is -0.496 e. The van der Waals surface area contributed by atoms with Gasteiger partial charge < -0.3 is 19.5 Å². The molecule has 0 saturated carbocycles. The molecule has 0 saturated heterocycles. The molecule has 134 valence electrons. The first kappa shape index (κ1) is 16.3. The largest absolute Gasteiger partial charge is 0.496 e. The highest BCUT2D eigenvalue weighted by molar-refractivity contribution is 5.55. The van der Waals surface area contributed by atoms with E-state index in [2.05, 4.69) is 15.1 Å². The molecule has 8 heteroatoms. The molecule has 1 atom stereocenters. The molecule has 0 fully saturated rings. The summed E-state index contributed by atoms with van der Waals surface area (Å²) in [5.74, 6) is 2.64. The molecule has 1 N–H and O–H groups in total. The molecule has 0 amide bonds. The van der Waals surface area contributed by atoms with Crippen molar-refractivity contribution in [2.24, 2.45) is 0 Å². The Kier molecular flexibility index (Phi) is 4.18. The molecule has 1 aromatic carbocycles. The molecule has 2 aromatic heterocycles. The van der Waals surface area contributed by atoms with Gasteiger partial charge >= 0.3 is 0 Å². The Bertz CT molecular complexity index is 913. The van der Waals surface area contributed by atoms with E-state index < -0.39 is 6.10 Å². The minimum absolute atomic E-state index is 0.383. The number of hydrogen-bond donors (Lipinski definition) is 1. The van der Waals surface area contributed by atoms with Gasteiger partial charge in [0.05, 0.1) is 33.2 Å². The van der Waals surface area contributed by atoms with E-state index in [0.717, 1.165) is 11.1 Å². The van der Waals surface area contributed by atoms with E-state index in [0.29, 0.717) is 36.2 Å². The summed E-state index contributed by atoms with van der Waals surface area (Å²) in [6.45, 7) is 0.914. The smallest absolute Gasteiger partial charge is 0.173 e. The maximum atomic E-state index is 10.7. The molecule has 8 nitrogen and oxygen atoms in total. The van der Waals surface area contributed by atoms with Gasteiger partial charge in [0.25, 0.3) is 0 Å². The third-order valence-corrected chi connectivity index (χ3v) is 4.46. The fourth-order valence-electron chi connectivity index (χ4n) is 3.26. The number of methoxy groups -OCH3 is 2. The van der Waals surface area contributed by atoms with Crippen molar-refractivity contribution in [1.82, 2.24) is 19.7 Å². The number of aromatic nitrogens is 4. The van der Waals surface area contributed by atoms with Gasteiger partial charge in [-0.05, 0) is 18.2 Å². The van der Waals surface area contributed by atoms with Crippen LogP contribution in [0.4, 0.5) is 5.82 Å². The van der Waals surface area contributed by atoms with E-state index in [9.17, 15) is 5.11 Å². The SMILES string of the molecule is COc1ccc(OC)c2c1CN(c1cncc(-n3cccn3)n1)CC2O. The summed E-state index contributed by atoms with van der Waals surface area (Å²) in [7, 11) is 3.21. The highest BCUT2D eigenvalue weighted by Crippen LogP contribution is 2.40. The van der Waals surface area contributed by atoms with E-state index in [1.807, 2.05) is 29.3 Å². The molecule has 1 aliphatic heterocycles. The van der Waals surface area contributed by atoms with Crippen LogP contribution in [-0.2, 0) is 6.54 Å². The average Bonchev–Trinajstić information content (AvgIpc) is 3.22. The third kappa shape index (κ3) is 2.74. The van der Waals surface area contributed by atoms with Gasteiger partial charge in [0.2, 0.25) is 0 Å². The van der Waals surface area contributed by atoms with Crippen LogP contribution in [0.2, 0.25) is 0 Å². The number of β-amino-alcohol motifs (C(OH)–C–C–N with tert-alkyl or cyclic N) is 1. The van der Waals surface area contributed by atoms with E-state index in [-0.39, 0.29) is 0 Å². The summed E-state index contributed by atoms with van der Waals surface area (Å²) in [6.07, 6.45) is 6.10. The van der Waals surface area contributed by atoms with E-state index in [4.69, 9.17) is 9.47 Å². The Morgan fingerprint density at radius 3 is 2.62 bits per heavy atom. The Balaban J connectivity index is 1.73. The van der Waals surface area contributed by atoms with Crippen LogP contribution in [-0.4, -0.2) is 45.6 Å². The van der Waals surface area contributed by atoms with Crippen molar-refractivity contribution >= 4 is 5.82 Å². The lowest BCUT2D eigenvalue weighted by atomic mass is 9.95. The van der Waals surface area contributed by atoms with Crippen LogP contribution >= 0.6 is 0 Å². The molecular formula is C18H19N5O3. The van der Waals surface area contributed by atoms with E-state index in [1.54, 1.807) is 37.5 Å². The van der Waals surface area contributed by atoms with E-state index in [1.165, 1.54) is 0 Å². The van der Waals surface area contributed by atoms with Crippen molar-refractivity contribution in [3.05, 3.63) is 54.1 Å². The second-order valence-electron chi connectivity index (χ2n) is 5.94. The second-order valence-corrected chi connectivity index (χ2v) is 5.94. The fraction of sp³-hybridized carbons (Fsp3) is 0.278. The van der Waals surface area contributed by atoms with Crippen molar-refractivity contribution in [2.75, 3.05) is 25.7 Å². The lowest BCUT2D eigenvalue weighted by Crippen LogP contribution is -2.35. The number of ether oxygens (including phenoxy) is 2. The van der Waals surface area contributed by atoms with Crippen molar-refractivity contribution in [1.29, 1.82) is 0 Å². The molecule has 3 heterocycles. The molecule has 26 heavy (non-hydrogen) atoms. The zero-order chi connectivity index (χ0) is 18.1. The van der Waals surface area contributed by atoms with Crippen LogP contribution in [0.15, 0.2) is 43.0 Å². The number of aliphatic hydroxyl groups excluding tert-OH is 1. The normalized spacial score (nSPS) is 16.3. The quantitative estimate of drug-likeness (QED) is 0.764. The van der Waals surface area contributed by atoms with Crippen molar-refractivity contribution < 1.29 is 14.6 Å². The van der Waals surface area contributed by atoms with Crippen molar-refractivity contribution in [3.8, 4) is 17.3 Å². The fourth-order valence-corrected chi connectivity index (χ4v) is 3.26. The molecule has 0 bridgehead atoms. The molecule has 1 unspecified atom stereocenters. The van der Waals surface area contributed by atoms with Crippen LogP contribution < -0.4 is 14.4 Å². The standard InChI is InChI=1S/C18H19N5O3/c1-25-14-4-5-15(26-2)18-12(14)10-22(11-13(18)24)16-8-19-9-17(21-16)23-7-3-6-20-23/h3-9,13,24H,10-11H2,1-2H3. The maximum absolute atomic E-state index is 10.7. The van der Waals surface area contributed by atoms with Gasteiger partial charge in [-0.1, -0.05) is 0 Å². The van der Waals surface area contributed by atoms with Crippen molar-refractivity contribution in [2.45, 2.75) is 12.6 Å². The number of aliphatic hydroxyl groups is 1. The average molecular weight is 353 g/mol. The number of benzene rings is 1. The Morgan fingerprint density at radius 2 is 1.88 bits per heavy atom. The molecule has 0 aliphatic carbocycles. The van der Waals surface area contributed by atoms with E-state index >= 15 is 0 Å². The highest BCUT2D eigenvalue weighted by atomic mass is 16.5. The number of nitrogens with zero attached hydrogens (tertiary/aromatic N) is 5. The van der Waals surface area contributed by atoms with Crippen LogP contribution in [0.3, 0.4) is 0 Å². The molecule has 1 aliphatic rings. The summed E-state index contributed by atoms with van der Waals surface area (Å²) in [5, 5.41) is 14.9. The molecule has 0 spiro atoms. The van der Waals surface area contributed by atoms with Gasteiger partial charge in [0.1, 0.15) is 23.4 Å². The van der Waals surface area contributed by atoms with Crippen LogP contribution in [0.25, 0.3) is 5.82 Å². The lowest BCUT2D eigenvalue weighted by Gasteiger charge is -2.34. The monoisotopic (exact) mass is 353 g/mol. The second kappa shape index (κ2) is 6.64. The number of anilines is 1. The minimum atomic E-state index is -0.723. The molecule has 4 rings (SSSR count). The predicted molar refractivity (Wildman–Crippen MR) is 94.7 cm³/mol. The summed E-state index contributed by atoms with van der Waals surface area (Å²) < 4.78 is 12.5. The number of rotatable bonds is 4. The summed E-state index contributed by atoms with van der Waals surface area (Å²) >= 11 is 0. The van der Waals surface area contributed by atoms with Gasteiger partial charge in [-0.15, -0.1) is 0 Å². The first-order valence-electron chi connectivity index (χ1n) is 8.20. The van der Waals surface area contributed by atoms with Crippen LogP contribution in [0.5, 0.6) is 11.5 Å². The number of fused-ring (bicyclic) bond motifs is 1. The van der Waals surface area contributed by atoms with Crippen molar-refractivity contribution in [3.63, 3.8) is 0 Å². The maximum Gasteiger partial charge on any atom is 0.173 e. The lowest BCUT2D eigenvalue weighted by molar-refractivity contribution is 0.169. The Hall–Kier alpha value is -3.13. The predicted octanol–water partition coefficient (Wildman–Crippen LogP) is 1.73. The Morgan fingerprint density at radius 1 is 1.12 bits per heavy atom. The first-order valence-corrected chi connectivity index (χ1v) is 8.20. The third-order valence-electron chi connectivity index (χ3n) is 4.46. The molecule has 3 aromatic rings. The molecule has 0 radical (unpaired) electrons. The Labute approximate surface area is 150 Å². The zero-order valence-electron chi connectivity index (χ0n) is 14.5. The summed E-state index contributed by atoms with van der Waals surface area (Å²) in [4.78, 5) is 10.9. The summed E-state index contributed by atoms with van der Waals surface area (Å²) in [5.41, 5.74) is 1.65. The van der Waals surface area contributed by atoms with Crippen LogP contribution in [0.1, 0.15) is 17.2 Å². The van der Waals surface area contributed by atoms with Gasteiger partial charge in [-0.2, -0.15) is 5.10 Å². The van der Waals surface area contributed by atoms with Gasteiger partial charge in [0, 0.05) is 30.1 Å². The zero-order valence-corrected chi connectivity index (χ0v) is 14.5. The van der Waals surface area contributed by atoms with Crippen LogP contribution in [0, 0.1) is 0 Å². The molecular weight excluding hydrogens is 334 g/mol. The summed E-state index contributed by atoms with van der Waals surface area (Å²) in [6, 6.07) is 5.49.